The molecule has 18 heavy (non-hydrogen) atoms. The molecule has 0 aromatic carbocycles. The van der Waals surface area contributed by atoms with Gasteiger partial charge >= 0.3 is 0 Å². The molecule has 1 saturated heterocycles. The van der Waals surface area contributed by atoms with Crippen LogP contribution in [0.5, 0.6) is 0 Å². The molecule has 2 N–H and O–H groups in total. The summed E-state index contributed by atoms with van der Waals surface area (Å²) in [5.41, 5.74) is 5.41. The third-order valence-corrected chi connectivity index (χ3v) is 4.11. The second-order valence-corrected chi connectivity index (χ2v) is 6.22. The topological polar surface area (TPSA) is 74.2 Å². The minimum Gasteiger partial charge on any atom is -0.381 e. The molecule has 1 unspecified atom stereocenters. The van der Waals surface area contributed by atoms with E-state index in [-0.39, 0.29) is 11.3 Å². The van der Waals surface area contributed by atoms with Crippen LogP contribution in [0, 0.1) is 0 Å². The van der Waals surface area contributed by atoms with Gasteiger partial charge in [0, 0.05) is 18.1 Å². The van der Waals surface area contributed by atoms with E-state index in [1.165, 1.54) is 0 Å². The zero-order valence-corrected chi connectivity index (χ0v) is 11.7. The molecular formula is C13H23N3O2. The summed E-state index contributed by atoms with van der Waals surface area (Å²) in [6, 6.07) is 0. The van der Waals surface area contributed by atoms with E-state index in [9.17, 15) is 0 Å². The molecule has 1 fully saturated rings. The molecule has 1 atom stereocenters. The van der Waals surface area contributed by atoms with E-state index in [4.69, 9.17) is 15.0 Å². The number of ether oxygens (including phenoxy) is 1. The maximum Gasteiger partial charge on any atom is 0.234 e. The van der Waals surface area contributed by atoms with Gasteiger partial charge in [-0.15, -0.1) is 0 Å². The molecule has 0 amide bonds. The van der Waals surface area contributed by atoms with E-state index in [1.807, 2.05) is 27.7 Å². The summed E-state index contributed by atoms with van der Waals surface area (Å²) in [6.45, 7) is 9.53. The van der Waals surface area contributed by atoms with E-state index in [1.54, 1.807) is 0 Å². The Morgan fingerprint density at radius 1 is 1.28 bits per heavy atom. The second-order valence-electron chi connectivity index (χ2n) is 6.22. The molecule has 1 aromatic rings. The fourth-order valence-corrected chi connectivity index (χ4v) is 1.87. The van der Waals surface area contributed by atoms with E-state index < -0.39 is 5.54 Å². The average molecular weight is 253 g/mol. The molecule has 0 spiro atoms. The normalized spacial score (nSPS) is 22.2. The fourth-order valence-electron chi connectivity index (χ4n) is 1.87. The van der Waals surface area contributed by atoms with Crippen LogP contribution in [-0.2, 0) is 10.2 Å². The molecule has 0 bridgehead atoms. The van der Waals surface area contributed by atoms with Gasteiger partial charge in [0.1, 0.15) is 0 Å². The highest BCUT2D eigenvalue weighted by Gasteiger charge is 2.40. The summed E-state index contributed by atoms with van der Waals surface area (Å²) in [5, 5.41) is 4.10. The Kier molecular flexibility index (Phi) is 3.47. The number of nitrogens with zero attached hydrogens (tertiary/aromatic N) is 2. The van der Waals surface area contributed by atoms with Crippen LogP contribution in [0.4, 0.5) is 0 Å². The van der Waals surface area contributed by atoms with Crippen molar-refractivity contribution in [3.8, 4) is 0 Å². The standard InChI is InChI=1S/C13H23N3O2/c1-12(2,13(3,4)14)11-15-10(16-18-11)9-6-5-7-17-8-9/h9H,5-8,14H2,1-4H3. The zero-order chi connectivity index (χ0) is 13.4. The Morgan fingerprint density at radius 2 is 2.00 bits per heavy atom. The minimum atomic E-state index is -0.417. The Morgan fingerprint density at radius 3 is 2.56 bits per heavy atom. The van der Waals surface area contributed by atoms with Crippen LogP contribution in [0.3, 0.4) is 0 Å². The van der Waals surface area contributed by atoms with Gasteiger partial charge in [0.2, 0.25) is 5.89 Å². The number of hydrogen-bond acceptors (Lipinski definition) is 5. The smallest absolute Gasteiger partial charge is 0.234 e. The van der Waals surface area contributed by atoms with Crippen LogP contribution in [0.2, 0.25) is 0 Å². The van der Waals surface area contributed by atoms with Crippen molar-refractivity contribution < 1.29 is 9.26 Å². The van der Waals surface area contributed by atoms with Crippen LogP contribution in [-0.4, -0.2) is 28.9 Å². The lowest BCUT2D eigenvalue weighted by atomic mass is 9.75. The van der Waals surface area contributed by atoms with E-state index in [2.05, 4.69) is 10.1 Å². The van der Waals surface area contributed by atoms with Gasteiger partial charge in [0.15, 0.2) is 5.82 Å². The third-order valence-electron chi connectivity index (χ3n) is 4.11. The molecule has 1 aliphatic heterocycles. The Labute approximate surface area is 108 Å². The maximum absolute atomic E-state index is 6.18. The average Bonchev–Trinajstić information content (AvgIpc) is 2.78. The summed E-state index contributed by atoms with van der Waals surface area (Å²) >= 11 is 0. The van der Waals surface area contributed by atoms with E-state index in [0.717, 1.165) is 25.3 Å². The molecule has 0 aliphatic carbocycles. The zero-order valence-electron chi connectivity index (χ0n) is 11.7. The first-order valence-electron chi connectivity index (χ1n) is 6.53. The first-order chi connectivity index (χ1) is 8.32. The lowest BCUT2D eigenvalue weighted by Crippen LogP contribution is -2.50. The lowest BCUT2D eigenvalue weighted by molar-refractivity contribution is 0.0773. The van der Waals surface area contributed by atoms with Gasteiger partial charge in [-0.3, -0.25) is 0 Å². The van der Waals surface area contributed by atoms with E-state index in [0.29, 0.717) is 12.5 Å². The van der Waals surface area contributed by atoms with Gasteiger partial charge in [-0.25, -0.2) is 0 Å². The van der Waals surface area contributed by atoms with Crippen molar-refractivity contribution in [3.05, 3.63) is 11.7 Å². The van der Waals surface area contributed by atoms with Crippen molar-refractivity contribution in [2.75, 3.05) is 13.2 Å². The van der Waals surface area contributed by atoms with Crippen LogP contribution >= 0.6 is 0 Å². The first kappa shape index (κ1) is 13.5. The molecule has 5 nitrogen and oxygen atoms in total. The molecule has 5 heteroatoms. The molecule has 2 heterocycles. The van der Waals surface area contributed by atoms with Gasteiger partial charge in [-0.05, 0) is 40.5 Å². The Balaban J connectivity index is 2.19. The van der Waals surface area contributed by atoms with Crippen molar-refractivity contribution in [3.63, 3.8) is 0 Å². The summed E-state index contributed by atoms with van der Waals surface area (Å²) in [4.78, 5) is 4.53. The second kappa shape index (κ2) is 4.63. The van der Waals surface area contributed by atoms with Gasteiger partial charge in [-0.2, -0.15) is 4.98 Å². The van der Waals surface area contributed by atoms with Crippen molar-refractivity contribution in [2.45, 2.75) is 57.4 Å². The molecule has 1 aliphatic rings. The molecule has 0 saturated carbocycles. The van der Waals surface area contributed by atoms with Crippen molar-refractivity contribution in [1.82, 2.24) is 10.1 Å². The minimum absolute atomic E-state index is 0.257. The SMILES string of the molecule is CC(C)(N)C(C)(C)c1nc(C2CCCOC2)no1. The molecule has 2 rings (SSSR count). The molecule has 0 radical (unpaired) electrons. The van der Waals surface area contributed by atoms with Crippen molar-refractivity contribution in [1.29, 1.82) is 0 Å². The quantitative estimate of drug-likeness (QED) is 0.891. The Bertz CT molecular complexity index is 401. The number of nitrogens with two attached hydrogens (primary N) is 1. The first-order valence-corrected chi connectivity index (χ1v) is 6.53. The van der Waals surface area contributed by atoms with Crippen molar-refractivity contribution in [2.24, 2.45) is 5.73 Å². The fraction of sp³-hybridized carbons (Fsp3) is 0.846. The monoisotopic (exact) mass is 253 g/mol. The predicted molar refractivity (Wildman–Crippen MR) is 68.4 cm³/mol. The lowest BCUT2D eigenvalue weighted by Gasteiger charge is -2.34. The summed E-state index contributed by atoms with van der Waals surface area (Å²) in [5.74, 6) is 1.62. The number of hydrogen-bond donors (Lipinski definition) is 1. The summed E-state index contributed by atoms with van der Waals surface area (Å²) in [7, 11) is 0. The van der Waals surface area contributed by atoms with Gasteiger partial charge < -0.3 is 15.0 Å². The van der Waals surface area contributed by atoms with Gasteiger partial charge in [0.25, 0.3) is 0 Å². The number of aromatic nitrogens is 2. The van der Waals surface area contributed by atoms with E-state index >= 15 is 0 Å². The highest BCUT2D eigenvalue weighted by Crippen LogP contribution is 2.33. The third kappa shape index (κ3) is 2.42. The van der Waals surface area contributed by atoms with Crippen LogP contribution < -0.4 is 5.73 Å². The van der Waals surface area contributed by atoms with Gasteiger partial charge in [0.05, 0.1) is 12.0 Å². The molecule has 102 valence electrons. The highest BCUT2D eigenvalue weighted by molar-refractivity contribution is 5.12. The van der Waals surface area contributed by atoms with Crippen molar-refractivity contribution >= 4 is 0 Å². The number of rotatable bonds is 3. The van der Waals surface area contributed by atoms with Crippen LogP contribution in [0.1, 0.15) is 58.2 Å². The highest BCUT2D eigenvalue weighted by atomic mass is 16.5. The summed E-state index contributed by atoms with van der Waals surface area (Å²) < 4.78 is 10.9. The van der Waals surface area contributed by atoms with Crippen LogP contribution in [0.15, 0.2) is 4.52 Å². The van der Waals surface area contributed by atoms with Gasteiger partial charge in [-0.1, -0.05) is 5.16 Å². The predicted octanol–water partition coefficient (Wildman–Crippen LogP) is 1.98. The van der Waals surface area contributed by atoms with Crippen LogP contribution in [0.25, 0.3) is 0 Å². The maximum atomic E-state index is 6.18. The summed E-state index contributed by atoms with van der Waals surface area (Å²) in [6.07, 6.45) is 2.12. The molecular weight excluding hydrogens is 230 g/mol. The largest absolute Gasteiger partial charge is 0.381 e. The molecule has 1 aromatic heterocycles. The Hall–Kier alpha value is -0.940.